The zero-order chi connectivity index (χ0) is 11.5. The van der Waals surface area contributed by atoms with Crippen molar-refractivity contribution in [1.82, 2.24) is 4.98 Å². The molecule has 1 aromatic heterocycles. The lowest BCUT2D eigenvalue weighted by atomic mass is 10.3. The second-order valence-corrected chi connectivity index (χ2v) is 4.06. The average Bonchev–Trinajstić information content (AvgIpc) is 2.22. The molecule has 3 N–H and O–H groups in total. The van der Waals surface area contributed by atoms with E-state index in [0.29, 0.717) is 15.9 Å². The van der Waals surface area contributed by atoms with E-state index in [1.165, 1.54) is 0 Å². The van der Waals surface area contributed by atoms with Gasteiger partial charge in [0.1, 0.15) is 5.82 Å². The number of nitrogen functional groups attached to an aromatic ring is 1. The minimum absolute atomic E-state index is 0.454. The van der Waals surface area contributed by atoms with E-state index in [4.69, 9.17) is 28.9 Å². The Bertz CT molecular complexity index is 514. The summed E-state index contributed by atoms with van der Waals surface area (Å²) in [5.41, 5.74) is 7.17. The first-order chi connectivity index (χ1) is 7.65. The standard InChI is InChI=1S/C11H9Cl2N3/c12-7-1-2-10(9(13)5-7)16-8-3-4-15-11(14)6-8/h1-6H,(H3,14,15,16). The van der Waals surface area contributed by atoms with Crippen molar-refractivity contribution in [1.29, 1.82) is 0 Å². The Morgan fingerprint density at radius 2 is 1.94 bits per heavy atom. The largest absolute Gasteiger partial charge is 0.384 e. The third kappa shape index (κ3) is 2.56. The molecule has 0 fully saturated rings. The summed E-state index contributed by atoms with van der Waals surface area (Å²) in [7, 11) is 0. The summed E-state index contributed by atoms with van der Waals surface area (Å²) in [4.78, 5) is 3.90. The number of benzene rings is 1. The molecule has 0 aliphatic rings. The van der Waals surface area contributed by atoms with Gasteiger partial charge in [-0.1, -0.05) is 23.2 Å². The van der Waals surface area contributed by atoms with Crippen molar-refractivity contribution < 1.29 is 0 Å². The second kappa shape index (κ2) is 4.60. The molecule has 0 aliphatic carbocycles. The van der Waals surface area contributed by atoms with Gasteiger partial charge in [-0.05, 0) is 24.3 Å². The Morgan fingerprint density at radius 3 is 2.62 bits per heavy atom. The Morgan fingerprint density at radius 1 is 1.12 bits per heavy atom. The Kier molecular flexibility index (Phi) is 3.17. The summed E-state index contributed by atoms with van der Waals surface area (Å²) in [6, 6.07) is 8.78. The van der Waals surface area contributed by atoms with E-state index in [1.54, 1.807) is 36.5 Å². The first-order valence-electron chi connectivity index (χ1n) is 4.59. The van der Waals surface area contributed by atoms with Gasteiger partial charge in [-0.2, -0.15) is 0 Å². The van der Waals surface area contributed by atoms with E-state index in [2.05, 4.69) is 10.3 Å². The van der Waals surface area contributed by atoms with Crippen LogP contribution in [0.4, 0.5) is 17.2 Å². The van der Waals surface area contributed by atoms with Crippen molar-refractivity contribution in [3.8, 4) is 0 Å². The smallest absolute Gasteiger partial charge is 0.125 e. The van der Waals surface area contributed by atoms with Gasteiger partial charge >= 0.3 is 0 Å². The Balaban J connectivity index is 2.27. The number of pyridine rings is 1. The Labute approximate surface area is 103 Å². The molecule has 0 saturated heterocycles. The van der Waals surface area contributed by atoms with Gasteiger partial charge < -0.3 is 11.1 Å². The van der Waals surface area contributed by atoms with Crippen LogP contribution in [0, 0.1) is 0 Å². The number of nitrogens with two attached hydrogens (primary N) is 1. The molecule has 2 rings (SSSR count). The number of hydrogen-bond acceptors (Lipinski definition) is 3. The van der Waals surface area contributed by atoms with Crippen molar-refractivity contribution in [2.24, 2.45) is 0 Å². The van der Waals surface area contributed by atoms with Crippen molar-refractivity contribution in [3.63, 3.8) is 0 Å². The van der Waals surface area contributed by atoms with Crippen LogP contribution >= 0.6 is 23.2 Å². The third-order valence-corrected chi connectivity index (χ3v) is 2.54. The predicted molar refractivity (Wildman–Crippen MR) is 68.4 cm³/mol. The highest BCUT2D eigenvalue weighted by Gasteiger charge is 2.01. The van der Waals surface area contributed by atoms with E-state index in [0.717, 1.165) is 11.4 Å². The minimum Gasteiger partial charge on any atom is -0.384 e. The maximum absolute atomic E-state index is 6.03. The number of halogens is 2. The van der Waals surface area contributed by atoms with Crippen molar-refractivity contribution >= 4 is 40.4 Å². The van der Waals surface area contributed by atoms with Crippen LogP contribution in [0.15, 0.2) is 36.5 Å². The molecule has 0 unspecified atom stereocenters. The normalized spacial score (nSPS) is 10.1. The summed E-state index contributed by atoms with van der Waals surface area (Å²) in [5, 5.41) is 4.29. The van der Waals surface area contributed by atoms with E-state index in [9.17, 15) is 0 Å². The summed E-state index contributed by atoms with van der Waals surface area (Å²) >= 11 is 11.8. The highest BCUT2D eigenvalue weighted by Crippen LogP contribution is 2.28. The number of nitrogens with one attached hydrogen (secondary N) is 1. The molecule has 0 spiro atoms. The quantitative estimate of drug-likeness (QED) is 0.858. The lowest BCUT2D eigenvalue weighted by molar-refractivity contribution is 1.33. The van der Waals surface area contributed by atoms with E-state index >= 15 is 0 Å². The number of aromatic nitrogens is 1. The molecule has 5 heteroatoms. The van der Waals surface area contributed by atoms with Crippen LogP contribution in [0.25, 0.3) is 0 Å². The van der Waals surface area contributed by atoms with Gasteiger partial charge in [0.2, 0.25) is 0 Å². The monoisotopic (exact) mass is 253 g/mol. The molecule has 1 heterocycles. The van der Waals surface area contributed by atoms with Crippen LogP contribution in [-0.2, 0) is 0 Å². The van der Waals surface area contributed by atoms with Gasteiger partial charge in [-0.15, -0.1) is 0 Å². The van der Waals surface area contributed by atoms with Crippen LogP contribution in [0.3, 0.4) is 0 Å². The molecule has 3 nitrogen and oxygen atoms in total. The molecular formula is C11H9Cl2N3. The fourth-order valence-corrected chi connectivity index (χ4v) is 1.73. The fourth-order valence-electron chi connectivity index (χ4n) is 1.27. The number of nitrogens with zero attached hydrogens (tertiary/aromatic N) is 1. The van der Waals surface area contributed by atoms with Crippen LogP contribution in [0.1, 0.15) is 0 Å². The molecule has 82 valence electrons. The third-order valence-electron chi connectivity index (χ3n) is 1.99. The van der Waals surface area contributed by atoms with E-state index in [1.807, 2.05) is 0 Å². The highest BCUT2D eigenvalue weighted by molar-refractivity contribution is 6.36. The zero-order valence-electron chi connectivity index (χ0n) is 8.24. The predicted octanol–water partition coefficient (Wildman–Crippen LogP) is 3.71. The van der Waals surface area contributed by atoms with Crippen LogP contribution in [-0.4, -0.2) is 4.98 Å². The number of rotatable bonds is 2. The molecular weight excluding hydrogens is 245 g/mol. The molecule has 0 saturated carbocycles. The molecule has 0 radical (unpaired) electrons. The molecule has 0 bridgehead atoms. The number of anilines is 3. The highest BCUT2D eigenvalue weighted by atomic mass is 35.5. The van der Waals surface area contributed by atoms with Gasteiger partial charge in [0.05, 0.1) is 10.7 Å². The Hall–Kier alpha value is -1.45. The van der Waals surface area contributed by atoms with Crippen LogP contribution in [0.5, 0.6) is 0 Å². The summed E-state index contributed by atoms with van der Waals surface area (Å²) in [6.07, 6.45) is 1.63. The van der Waals surface area contributed by atoms with E-state index < -0.39 is 0 Å². The molecule has 0 amide bonds. The average molecular weight is 254 g/mol. The fraction of sp³-hybridized carbons (Fsp3) is 0. The first-order valence-corrected chi connectivity index (χ1v) is 5.34. The minimum atomic E-state index is 0.454. The zero-order valence-corrected chi connectivity index (χ0v) is 9.76. The van der Waals surface area contributed by atoms with Gasteiger partial charge in [0.25, 0.3) is 0 Å². The maximum atomic E-state index is 6.03. The topological polar surface area (TPSA) is 50.9 Å². The summed E-state index contributed by atoms with van der Waals surface area (Å²) in [6.45, 7) is 0. The van der Waals surface area contributed by atoms with Crippen molar-refractivity contribution in [3.05, 3.63) is 46.6 Å². The summed E-state index contributed by atoms with van der Waals surface area (Å²) < 4.78 is 0. The van der Waals surface area contributed by atoms with Crippen molar-refractivity contribution in [2.75, 3.05) is 11.1 Å². The van der Waals surface area contributed by atoms with Gasteiger partial charge in [0.15, 0.2) is 0 Å². The molecule has 2 aromatic rings. The first kappa shape index (κ1) is 11.0. The lowest BCUT2D eigenvalue weighted by Crippen LogP contribution is -1.94. The van der Waals surface area contributed by atoms with Gasteiger partial charge in [-0.25, -0.2) is 4.98 Å². The second-order valence-electron chi connectivity index (χ2n) is 3.22. The molecule has 0 atom stereocenters. The van der Waals surface area contributed by atoms with Crippen LogP contribution in [0.2, 0.25) is 10.0 Å². The van der Waals surface area contributed by atoms with Crippen molar-refractivity contribution in [2.45, 2.75) is 0 Å². The van der Waals surface area contributed by atoms with Gasteiger partial charge in [-0.3, -0.25) is 0 Å². The van der Waals surface area contributed by atoms with Gasteiger partial charge in [0, 0.05) is 23.0 Å². The molecule has 16 heavy (non-hydrogen) atoms. The summed E-state index contributed by atoms with van der Waals surface area (Å²) in [5.74, 6) is 0.454. The lowest BCUT2D eigenvalue weighted by Gasteiger charge is -2.08. The molecule has 1 aromatic carbocycles. The van der Waals surface area contributed by atoms with Crippen LogP contribution < -0.4 is 11.1 Å². The van der Waals surface area contributed by atoms with E-state index in [-0.39, 0.29) is 0 Å². The number of hydrogen-bond donors (Lipinski definition) is 2. The maximum Gasteiger partial charge on any atom is 0.125 e. The molecule has 0 aliphatic heterocycles. The SMILES string of the molecule is Nc1cc(Nc2ccc(Cl)cc2Cl)ccn1.